The summed E-state index contributed by atoms with van der Waals surface area (Å²) in [7, 11) is 1.28. The number of methoxy groups -OCH3 is 1. The number of benzene rings is 1. The van der Waals surface area contributed by atoms with Crippen LogP contribution in [0.15, 0.2) is 18.2 Å². The Kier molecular flexibility index (Phi) is 4.69. The van der Waals surface area contributed by atoms with E-state index in [0.717, 1.165) is 5.56 Å². The minimum absolute atomic E-state index is 0.207. The summed E-state index contributed by atoms with van der Waals surface area (Å²) in [6.45, 7) is 3.49. The minimum Gasteiger partial charge on any atom is -0.465 e. The molecular formula is C12H13BrO4. The number of carbonyl (C=O) groups is 2. The van der Waals surface area contributed by atoms with Gasteiger partial charge < -0.3 is 9.47 Å². The zero-order chi connectivity index (χ0) is 13.0. The summed E-state index contributed by atoms with van der Waals surface area (Å²) in [6.07, 6.45) is 0. The normalized spacial score (nSPS) is 11.8. The Morgan fingerprint density at radius 3 is 2.53 bits per heavy atom. The monoisotopic (exact) mass is 300 g/mol. The predicted molar refractivity (Wildman–Crippen MR) is 66.5 cm³/mol. The molecule has 0 fully saturated rings. The molecule has 1 rings (SSSR count). The lowest BCUT2D eigenvalue weighted by molar-refractivity contribution is -0.133. The fraction of sp³-hybridized carbons (Fsp3) is 0.333. The number of ether oxygens (including phenoxy) is 2. The van der Waals surface area contributed by atoms with E-state index in [9.17, 15) is 9.59 Å². The van der Waals surface area contributed by atoms with E-state index in [1.165, 1.54) is 7.11 Å². The summed E-state index contributed by atoms with van der Waals surface area (Å²) in [6, 6.07) is 4.95. The maximum Gasteiger partial charge on any atom is 0.341 e. The maximum atomic E-state index is 11.5. The van der Waals surface area contributed by atoms with Crippen LogP contribution >= 0.6 is 15.9 Å². The van der Waals surface area contributed by atoms with Crippen LogP contribution in [0.2, 0.25) is 0 Å². The van der Waals surface area contributed by atoms with Gasteiger partial charge in [0.05, 0.1) is 7.11 Å². The van der Waals surface area contributed by atoms with Gasteiger partial charge in [-0.05, 0) is 31.5 Å². The molecule has 1 aromatic rings. The zero-order valence-electron chi connectivity index (χ0n) is 9.82. The van der Waals surface area contributed by atoms with E-state index >= 15 is 0 Å². The highest BCUT2D eigenvalue weighted by molar-refractivity contribution is 9.10. The molecule has 5 heteroatoms. The molecule has 0 bridgehead atoms. The Bertz CT molecular complexity index is 440. The molecule has 0 aliphatic carbocycles. The first-order valence-corrected chi connectivity index (χ1v) is 5.92. The van der Waals surface area contributed by atoms with Crippen LogP contribution in [-0.2, 0) is 9.53 Å². The quantitative estimate of drug-likeness (QED) is 0.489. The summed E-state index contributed by atoms with van der Waals surface area (Å²) < 4.78 is 9.73. The molecular weight excluding hydrogens is 288 g/mol. The Morgan fingerprint density at radius 1 is 1.35 bits per heavy atom. The van der Waals surface area contributed by atoms with Gasteiger partial charge in [0.2, 0.25) is 0 Å². The predicted octanol–water partition coefficient (Wildman–Crippen LogP) is 2.47. The number of hydrogen-bond acceptors (Lipinski definition) is 4. The van der Waals surface area contributed by atoms with Gasteiger partial charge in [0.1, 0.15) is 16.1 Å². The van der Waals surface area contributed by atoms with Crippen molar-refractivity contribution >= 4 is 27.9 Å². The molecule has 17 heavy (non-hydrogen) atoms. The molecule has 92 valence electrons. The number of aryl methyl sites for hydroxylation is 1. The molecule has 1 aromatic carbocycles. The van der Waals surface area contributed by atoms with Crippen molar-refractivity contribution in [2.75, 3.05) is 7.11 Å². The lowest BCUT2D eigenvalue weighted by Gasteiger charge is -2.10. The highest BCUT2D eigenvalue weighted by Gasteiger charge is 2.18. The minimum atomic E-state index is -0.529. The van der Waals surface area contributed by atoms with Gasteiger partial charge in [0.15, 0.2) is 0 Å². The van der Waals surface area contributed by atoms with Crippen LogP contribution in [0.3, 0.4) is 0 Å². The number of carbonyl (C=O) groups excluding carboxylic acids is 2. The van der Waals surface area contributed by atoms with Crippen LogP contribution in [0.1, 0.15) is 22.8 Å². The summed E-state index contributed by atoms with van der Waals surface area (Å²) in [5, 5.41) is 0. The Labute approximate surface area is 108 Å². The number of esters is 2. The molecule has 0 radical (unpaired) electrons. The highest BCUT2D eigenvalue weighted by Crippen LogP contribution is 2.22. The van der Waals surface area contributed by atoms with Crippen molar-refractivity contribution in [2.45, 2.75) is 18.7 Å². The van der Waals surface area contributed by atoms with Crippen LogP contribution < -0.4 is 4.74 Å². The molecule has 4 nitrogen and oxygen atoms in total. The van der Waals surface area contributed by atoms with Crippen molar-refractivity contribution in [1.82, 2.24) is 0 Å². The van der Waals surface area contributed by atoms with Gasteiger partial charge in [-0.1, -0.05) is 22.0 Å². The summed E-state index contributed by atoms with van der Waals surface area (Å²) in [5.41, 5.74) is 1.13. The Balaban J connectivity index is 3.06. The van der Waals surface area contributed by atoms with Gasteiger partial charge in [-0.15, -0.1) is 0 Å². The van der Waals surface area contributed by atoms with E-state index in [-0.39, 0.29) is 11.3 Å². The third-order valence-electron chi connectivity index (χ3n) is 2.08. The van der Waals surface area contributed by atoms with Crippen LogP contribution in [0.4, 0.5) is 0 Å². The largest absolute Gasteiger partial charge is 0.465 e. The van der Waals surface area contributed by atoms with E-state index in [1.807, 2.05) is 6.92 Å². The van der Waals surface area contributed by atoms with Gasteiger partial charge >= 0.3 is 11.9 Å². The molecule has 0 N–H and O–H groups in total. The van der Waals surface area contributed by atoms with E-state index in [1.54, 1.807) is 25.1 Å². The first-order chi connectivity index (χ1) is 7.95. The van der Waals surface area contributed by atoms with Crippen LogP contribution in [0, 0.1) is 6.92 Å². The average Bonchev–Trinajstić information content (AvgIpc) is 2.30. The van der Waals surface area contributed by atoms with Gasteiger partial charge in [-0.25, -0.2) is 4.79 Å². The summed E-state index contributed by atoms with van der Waals surface area (Å²) in [4.78, 5) is 22.5. The molecule has 0 spiro atoms. The molecule has 0 heterocycles. The molecule has 0 amide bonds. The topological polar surface area (TPSA) is 52.6 Å². The molecule has 0 saturated heterocycles. The second kappa shape index (κ2) is 5.82. The average molecular weight is 301 g/mol. The number of hydrogen-bond donors (Lipinski definition) is 0. The van der Waals surface area contributed by atoms with Crippen LogP contribution in [-0.4, -0.2) is 23.9 Å². The van der Waals surface area contributed by atoms with Crippen LogP contribution in [0.5, 0.6) is 5.75 Å². The van der Waals surface area contributed by atoms with Crippen molar-refractivity contribution in [1.29, 1.82) is 0 Å². The molecule has 0 aliphatic heterocycles. The first kappa shape index (κ1) is 13.7. The second-order valence-corrected chi connectivity index (χ2v) is 4.90. The van der Waals surface area contributed by atoms with Gasteiger partial charge in [0, 0.05) is 0 Å². The lowest BCUT2D eigenvalue weighted by Crippen LogP contribution is -2.19. The van der Waals surface area contributed by atoms with E-state index < -0.39 is 16.8 Å². The van der Waals surface area contributed by atoms with E-state index in [2.05, 4.69) is 20.7 Å². The third kappa shape index (κ3) is 3.56. The van der Waals surface area contributed by atoms with Crippen LogP contribution in [0.25, 0.3) is 0 Å². The molecule has 0 aromatic heterocycles. The fourth-order valence-electron chi connectivity index (χ4n) is 1.19. The number of halogens is 1. The smallest absolute Gasteiger partial charge is 0.341 e. The van der Waals surface area contributed by atoms with Crippen molar-refractivity contribution in [3.05, 3.63) is 29.3 Å². The van der Waals surface area contributed by atoms with Crippen molar-refractivity contribution in [3.8, 4) is 5.75 Å². The first-order valence-electron chi connectivity index (χ1n) is 5.00. The molecule has 0 aliphatic rings. The Morgan fingerprint density at radius 2 is 2.00 bits per heavy atom. The number of rotatable bonds is 3. The fourth-order valence-corrected chi connectivity index (χ4v) is 1.29. The maximum absolute atomic E-state index is 11.5. The lowest BCUT2D eigenvalue weighted by atomic mass is 10.1. The Hall–Kier alpha value is -1.36. The van der Waals surface area contributed by atoms with E-state index in [4.69, 9.17) is 4.74 Å². The SMILES string of the molecule is COC(=O)c1cc(C)ccc1OC(=O)C(C)Br. The van der Waals surface area contributed by atoms with Gasteiger partial charge in [-0.2, -0.15) is 0 Å². The highest BCUT2D eigenvalue weighted by atomic mass is 79.9. The standard InChI is InChI=1S/C12H13BrO4/c1-7-4-5-10(17-11(14)8(2)13)9(6-7)12(15)16-3/h4-6,8H,1-3H3. The summed E-state index contributed by atoms with van der Waals surface area (Å²) in [5.74, 6) is -0.781. The van der Waals surface area contributed by atoms with Crippen molar-refractivity contribution in [2.24, 2.45) is 0 Å². The summed E-state index contributed by atoms with van der Waals surface area (Å²) >= 11 is 3.10. The third-order valence-corrected chi connectivity index (χ3v) is 2.45. The zero-order valence-corrected chi connectivity index (χ0v) is 11.4. The van der Waals surface area contributed by atoms with Gasteiger partial charge in [0.25, 0.3) is 0 Å². The molecule has 1 atom stereocenters. The van der Waals surface area contributed by atoms with Crippen molar-refractivity contribution < 1.29 is 19.1 Å². The van der Waals surface area contributed by atoms with Crippen molar-refractivity contribution in [3.63, 3.8) is 0 Å². The second-order valence-electron chi connectivity index (χ2n) is 3.53. The molecule has 1 unspecified atom stereocenters. The molecule has 0 saturated carbocycles. The van der Waals surface area contributed by atoms with Gasteiger partial charge in [-0.3, -0.25) is 4.79 Å². The van der Waals surface area contributed by atoms with E-state index in [0.29, 0.717) is 0 Å². The number of alkyl halides is 1.